The predicted molar refractivity (Wildman–Crippen MR) is 46.6 cm³/mol. The van der Waals surface area contributed by atoms with Gasteiger partial charge in [-0.3, -0.25) is 4.98 Å². The number of aromatic carboxylic acids is 1. The van der Waals surface area contributed by atoms with E-state index in [1.54, 1.807) is 12.3 Å². The number of carboxylic acids is 1. The summed E-state index contributed by atoms with van der Waals surface area (Å²) in [5.41, 5.74) is 0.750. The van der Waals surface area contributed by atoms with Crippen molar-refractivity contribution in [3.05, 3.63) is 29.6 Å². The van der Waals surface area contributed by atoms with E-state index in [-0.39, 0.29) is 12.2 Å². The van der Waals surface area contributed by atoms with Gasteiger partial charge in [0.1, 0.15) is 0 Å². The van der Waals surface area contributed by atoms with Gasteiger partial charge >= 0.3 is 5.97 Å². The first-order valence-corrected chi connectivity index (χ1v) is 4.03. The Hall–Kier alpha value is -1.42. The average molecular weight is 181 g/mol. The Morgan fingerprint density at radius 2 is 2.31 bits per heavy atom. The highest BCUT2D eigenvalue weighted by Crippen LogP contribution is 2.07. The number of nitrogens with zero attached hydrogens (tertiary/aromatic N) is 1. The molecule has 1 aromatic heterocycles. The number of carbonyl (C=O) groups is 1. The Balaban J connectivity index is 2.84. The standard InChI is InChI=1S/C9H11NO3/c11-6-2-4-8-7(9(12)13)3-1-5-10-8/h1,3,5,11H,2,4,6H2,(H,12,13). The second kappa shape index (κ2) is 4.57. The molecule has 0 aliphatic heterocycles. The predicted octanol–water partition coefficient (Wildman–Crippen LogP) is 0.705. The summed E-state index contributed by atoms with van der Waals surface area (Å²) in [5, 5.41) is 17.3. The molecular formula is C9H11NO3. The molecule has 0 atom stereocenters. The molecule has 0 bridgehead atoms. The van der Waals surface area contributed by atoms with Crippen molar-refractivity contribution in [3.8, 4) is 0 Å². The van der Waals surface area contributed by atoms with Gasteiger partial charge in [0.25, 0.3) is 0 Å². The molecule has 13 heavy (non-hydrogen) atoms. The number of aryl methyl sites for hydroxylation is 1. The second-order valence-corrected chi connectivity index (χ2v) is 2.63. The second-order valence-electron chi connectivity index (χ2n) is 2.63. The molecule has 1 rings (SSSR count). The maximum Gasteiger partial charge on any atom is 0.337 e. The van der Waals surface area contributed by atoms with Crippen LogP contribution >= 0.6 is 0 Å². The molecule has 4 heteroatoms. The number of aromatic nitrogens is 1. The van der Waals surface area contributed by atoms with Crippen LogP contribution in [0.4, 0.5) is 0 Å². The van der Waals surface area contributed by atoms with Crippen LogP contribution in [0.3, 0.4) is 0 Å². The number of hydrogen-bond acceptors (Lipinski definition) is 3. The Labute approximate surface area is 75.9 Å². The van der Waals surface area contributed by atoms with Gasteiger partial charge in [0.15, 0.2) is 0 Å². The third-order valence-corrected chi connectivity index (χ3v) is 1.69. The van der Waals surface area contributed by atoms with E-state index in [4.69, 9.17) is 10.2 Å². The highest BCUT2D eigenvalue weighted by Gasteiger charge is 2.09. The van der Waals surface area contributed by atoms with Gasteiger partial charge in [0.2, 0.25) is 0 Å². The molecule has 0 unspecified atom stereocenters. The van der Waals surface area contributed by atoms with Gasteiger partial charge < -0.3 is 10.2 Å². The zero-order valence-electron chi connectivity index (χ0n) is 7.10. The van der Waals surface area contributed by atoms with Crippen LogP contribution in [0.15, 0.2) is 18.3 Å². The molecule has 0 radical (unpaired) electrons. The molecule has 0 aliphatic carbocycles. The molecule has 4 nitrogen and oxygen atoms in total. The first-order valence-electron chi connectivity index (χ1n) is 4.03. The van der Waals surface area contributed by atoms with Crippen molar-refractivity contribution < 1.29 is 15.0 Å². The SMILES string of the molecule is O=C(O)c1cccnc1CCCO. The van der Waals surface area contributed by atoms with Crippen molar-refractivity contribution in [2.75, 3.05) is 6.61 Å². The summed E-state index contributed by atoms with van der Waals surface area (Å²) in [6.45, 7) is 0.0512. The molecule has 1 aromatic rings. The first-order chi connectivity index (χ1) is 6.25. The summed E-state index contributed by atoms with van der Waals surface area (Å²) in [4.78, 5) is 14.6. The van der Waals surface area contributed by atoms with E-state index in [1.807, 2.05) is 0 Å². The van der Waals surface area contributed by atoms with E-state index < -0.39 is 5.97 Å². The minimum atomic E-state index is -0.971. The summed E-state index contributed by atoms with van der Waals surface area (Å²) in [6.07, 6.45) is 2.59. The number of pyridine rings is 1. The van der Waals surface area contributed by atoms with E-state index in [2.05, 4.69) is 4.98 Å². The Bertz CT molecular complexity index is 299. The van der Waals surface area contributed by atoms with Crippen LogP contribution in [0, 0.1) is 0 Å². The van der Waals surface area contributed by atoms with Crippen molar-refractivity contribution in [1.29, 1.82) is 0 Å². The Morgan fingerprint density at radius 3 is 2.92 bits per heavy atom. The van der Waals surface area contributed by atoms with E-state index in [1.165, 1.54) is 6.07 Å². The number of hydrogen-bond donors (Lipinski definition) is 2. The molecule has 70 valence electrons. The lowest BCUT2D eigenvalue weighted by Crippen LogP contribution is -2.05. The maximum absolute atomic E-state index is 10.7. The van der Waals surface area contributed by atoms with Crippen molar-refractivity contribution in [2.45, 2.75) is 12.8 Å². The molecule has 0 spiro atoms. The van der Waals surface area contributed by atoms with Crippen LogP contribution < -0.4 is 0 Å². The number of rotatable bonds is 4. The zero-order chi connectivity index (χ0) is 9.68. The largest absolute Gasteiger partial charge is 0.478 e. The van der Waals surface area contributed by atoms with Crippen molar-refractivity contribution in [1.82, 2.24) is 4.98 Å². The molecule has 0 amide bonds. The van der Waals surface area contributed by atoms with Crippen LogP contribution in [0.1, 0.15) is 22.5 Å². The van der Waals surface area contributed by atoms with Gasteiger partial charge in [-0.1, -0.05) is 0 Å². The molecule has 0 saturated heterocycles. The molecule has 2 N–H and O–H groups in total. The van der Waals surface area contributed by atoms with Gasteiger partial charge in [-0.2, -0.15) is 0 Å². The highest BCUT2D eigenvalue weighted by molar-refractivity contribution is 5.88. The maximum atomic E-state index is 10.7. The lowest BCUT2D eigenvalue weighted by atomic mass is 10.1. The molecule has 1 heterocycles. The molecular weight excluding hydrogens is 170 g/mol. The molecule has 0 saturated carbocycles. The first kappa shape index (κ1) is 9.67. The van der Waals surface area contributed by atoms with Gasteiger partial charge in [0, 0.05) is 12.8 Å². The summed E-state index contributed by atoms with van der Waals surface area (Å²) >= 11 is 0. The normalized spacial score (nSPS) is 9.92. The lowest BCUT2D eigenvalue weighted by molar-refractivity contribution is 0.0695. The van der Waals surface area contributed by atoms with E-state index in [0.29, 0.717) is 18.5 Å². The Kier molecular flexibility index (Phi) is 3.40. The monoisotopic (exact) mass is 181 g/mol. The quantitative estimate of drug-likeness (QED) is 0.717. The fraction of sp³-hybridized carbons (Fsp3) is 0.333. The van der Waals surface area contributed by atoms with Crippen LogP contribution in [0.25, 0.3) is 0 Å². The third-order valence-electron chi connectivity index (χ3n) is 1.69. The van der Waals surface area contributed by atoms with Crippen LogP contribution in [-0.4, -0.2) is 27.8 Å². The van der Waals surface area contributed by atoms with Crippen LogP contribution in [0.5, 0.6) is 0 Å². The van der Waals surface area contributed by atoms with E-state index >= 15 is 0 Å². The fourth-order valence-electron chi connectivity index (χ4n) is 1.08. The van der Waals surface area contributed by atoms with Crippen LogP contribution in [-0.2, 0) is 6.42 Å². The van der Waals surface area contributed by atoms with Crippen molar-refractivity contribution in [3.63, 3.8) is 0 Å². The smallest absolute Gasteiger partial charge is 0.337 e. The average Bonchev–Trinajstić information content (AvgIpc) is 2.15. The lowest BCUT2D eigenvalue weighted by Gasteiger charge is -2.02. The van der Waals surface area contributed by atoms with Gasteiger partial charge in [-0.05, 0) is 25.0 Å². The zero-order valence-corrected chi connectivity index (χ0v) is 7.10. The fourth-order valence-corrected chi connectivity index (χ4v) is 1.08. The van der Waals surface area contributed by atoms with E-state index in [9.17, 15) is 4.79 Å². The van der Waals surface area contributed by atoms with Crippen molar-refractivity contribution in [2.24, 2.45) is 0 Å². The number of carboxylic acid groups (broad SMARTS) is 1. The Morgan fingerprint density at radius 1 is 1.54 bits per heavy atom. The van der Waals surface area contributed by atoms with Crippen molar-refractivity contribution >= 4 is 5.97 Å². The third kappa shape index (κ3) is 2.52. The summed E-state index contributed by atoms with van der Waals surface area (Å²) < 4.78 is 0. The van der Waals surface area contributed by atoms with Gasteiger partial charge in [0.05, 0.1) is 11.3 Å². The van der Waals surface area contributed by atoms with E-state index in [0.717, 1.165) is 0 Å². The number of aliphatic hydroxyl groups excluding tert-OH is 1. The topological polar surface area (TPSA) is 70.4 Å². The summed E-state index contributed by atoms with van der Waals surface area (Å²) in [7, 11) is 0. The van der Waals surface area contributed by atoms with Gasteiger partial charge in [-0.25, -0.2) is 4.79 Å². The number of aliphatic hydroxyl groups is 1. The highest BCUT2D eigenvalue weighted by atomic mass is 16.4. The summed E-state index contributed by atoms with van der Waals surface area (Å²) in [5.74, 6) is -0.971. The molecule has 0 aliphatic rings. The minimum absolute atomic E-state index is 0.0512. The summed E-state index contributed by atoms with van der Waals surface area (Å²) in [6, 6.07) is 3.11. The molecule has 0 aromatic carbocycles. The van der Waals surface area contributed by atoms with Gasteiger partial charge in [-0.15, -0.1) is 0 Å². The van der Waals surface area contributed by atoms with Crippen LogP contribution in [0.2, 0.25) is 0 Å². The molecule has 0 fully saturated rings. The minimum Gasteiger partial charge on any atom is -0.478 e.